The first-order chi connectivity index (χ1) is 21.8. The summed E-state index contributed by atoms with van der Waals surface area (Å²) in [6, 6.07) is 51.7. The zero-order valence-corrected chi connectivity index (χ0v) is 24.5. The zero-order valence-electron chi connectivity index (χ0n) is 23.7. The number of rotatable bonds is 4. The zero-order chi connectivity index (χ0) is 29.0. The van der Waals surface area contributed by atoms with E-state index in [2.05, 4.69) is 144 Å². The molecule has 44 heavy (non-hydrogen) atoms. The molecule has 0 aliphatic carbocycles. The Hall–Kier alpha value is -5.58. The van der Waals surface area contributed by atoms with Crippen molar-refractivity contribution in [1.82, 2.24) is 14.5 Å². The van der Waals surface area contributed by atoms with Crippen LogP contribution in [0.15, 0.2) is 152 Å². The van der Waals surface area contributed by atoms with Crippen LogP contribution in [-0.4, -0.2) is 14.5 Å². The van der Waals surface area contributed by atoms with Crippen LogP contribution >= 0.6 is 11.3 Å². The Balaban J connectivity index is 1.21. The third kappa shape index (κ3) is 3.96. The summed E-state index contributed by atoms with van der Waals surface area (Å²) < 4.78 is 4.75. The minimum atomic E-state index is 0.670. The molecule has 0 fully saturated rings. The summed E-state index contributed by atoms with van der Waals surface area (Å²) in [7, 11) is 0. The average molecular weight is 580 g/mol. The summed E-state index contributed by atoms with van der Waals surface area (Å²) in [4.78, 5) is 10.0. The molecule has 0 saturated heterocycles. The number of para-hydroxylation sites is 1. The molecule has 0 atom stereocenters. The summed E-state index contributed by atoms with van der Waals surface area (Å²) in [6.45, 7) is 0. The van der Waals surface area contributed by atoms with E-state index in [4.69, 9.17) is 9.97 Å². The number of thiophene rings is 1. The fourth-order valence-corrected chi connectivity index (χ4v) is 7.63. The Kier molecular flexibility index (Phi) is 5.68. The number of aromatic nitrogens is 3. The molecule has 0 amide bonds. The van der Waals surface area contributed by atoms with Crippen LogP contribution in [0, 0.1) is 0 Å². The van der Waals surface area contributed by atoms with E-state index in [0.717, 1.165) is 27.9 Å². The van der Waals surface area contributed by atoms with Gasteiger partial charge in [0, 0.05) is 42.7 Å². The van der Waals surface area contributed by atoms with E-state index < -0.39 is 0 Å². The van der Waals surface area contributed by atoms with Crippen LogP contribution in [0.1, 0.15) is 0 Å². The topological polar surface area (TPSA) is 30.7 Å². The number of nitrogens with zero attached hydrogens (tertiary/aromatic N) is 3. The molecule has 3 aromatic heterocycles. The summed E-state index contributed by atoms with van der Waals surface area (Å²) in [5.41, 5.74) is 9.01. The van der Waals surface area contributed by atoms with E-state index in [9.17, 15) is 0 Å². The van der Waals surface area contributed by atoms with Crippen molar-refractivity contribution in [2.24, 2.45) is 0 Å². The molecule has 0 radical (unpaired) electrons. The summed E-state index contributed by atoms with van der Waals surface area (Å²) in [6.07, 6.45) is 1.89. The maximum absolute atomic E-state index is 5.21. The lowest BCUT2D eigenvalue weighted by molar-refractivity contribution is 0.993. The largest absolute Gasteiger partial charge is 0.278 e. The van der Waals surface area contributed by atoms with Gasteiger partial charge < -0.3 is 0 Å². The normalized spacial score (nSPS) is 11.6. The van der Waals surface area contributed by atoms with Crippen molar-refractivity contribution in [2.75, 3.05) is 0 Å². The third-order valence-corrected chi connectivity index (χ3v) is 9.74. The van der Waals surface area contributed by atoms with E-state index in [1.54, 1.807) is 0 Å². The number of benzene rings is 6. The molecule has 0 bridgehead atoms. The highest BCUT2D eigenvalue weighted by molar-refractivity contribution is 7.26. The standard InChI is InChI=1S/C40H25N3S/c1-2-9-26(10-3-1)27-17-19-28(20-18-27)29-21-22-31-30-11-4-6-15-36(30)43(37(31)25-29)40-41-24-23-35(42-40)34-14-8-13-33-32-12-5-7-16-38(32)44-39(33)34/h1-25H. The molecule has 9 aromatic rings. The fraction of sp³-hybridized carbons (Fsp3) is 0. The summed E-state index contributed by atoms with van der Waals surface area (Å²) in [5, 5.41) is 4.93. The molecular weight excluding hydrogens is 555 g/mol. The van der Waals surface area contributed by atoms with Crippen LogP contribution in [0.25, 0.3) is 81.4 Å². The van der Waals surface area contributed by atoms with Crippen molar-refractivity contribution in [3.8, 4) is 39.5 Å². The summed E-state index contributed by atoms with van der Waals surface area (Å²) in [5.74, 6) is 0.670. The molecule has 0 aliphatic rings. The van der Waals surface area contributed by atoms with E-state index in [-0.39, 0.29) is 0 Å². The van der Waals surface area contributed by atoms with Crippen molar-refractivity contribution in [3.05, 3.63) is 152 Å². The van der Waals surface area contributed by atoms with Gasteiger partial charge in [-0.1, -0.05) is 121 Å². The third-order valence-electron chi connectivity index (χ3n) is 8.52. The van der Waals surface area contributed by atoms with E-state index in [0.29, 0.717) is 5.95 Å². The van der Waals surface area contributed by atoms with E-state index in [1.807, 2.05) is 23.6 Å². The average Bonchev–Trinajstić information content (AvgIpc) is 3.64. The Bertz CT molecular complexity index is 2490. The Morgan fingerprint density at radius 3 is 2.00 bits per heavy atom. The Morgan fingerprint density at radius 2 is 1.14 bits per heavy atom. The molecular formula is C40H25N3S. The van der Waals surface area contributed by atoms with Crippen LogP contribution in [0.5, 0.6) is 0 Å². The molecule has 6 aromatic carbocycles. The van der Waals surface area contributed by atoms with Gasteiger partial charge in [-0.3, -0.25) is 4.57 Å². The predicted molar refractivity (Wildman–Crippen MR) is 186 cm³/mol. The first-order valence-electron chi connectivity index (χ1n) is 14.7. The highest BCUT2D eigenvalue weighted by Crippen LogP contribution is 2.40. The van der Waals surface area contributed by atoms with Crippen molar-refractivity contribution < 1.29 is 0 Å². The molecule has 9 rings (SSSR count). The first-order valence-corrected chi connectivity index (χ1v) is 15.6. The van der Waals surface area contributed by atoms with Gasteiger partial charge in [0.1, 0.15) is 0 Å². The van der Waals surface area contributed by atoms with Crippen LogP contribution in [0.4, 0.5) is 0 Å². The van der Waals surface area contributed by atoms with Crippen LogP contribution in [0.3, 0.4) is 0 Å². The quantitative estimate of drug-likeness (QED) is 0.208. The lowest BCUT2D eigenvalue weighted by Crippen LogP contribution is -2.01. The molecule has 206 valence electrons. The SMILES string of the molecule is c1ccc(-c2ccc(-c3ccc4c5ccccc5n(-c5nccc(-c6cccc7c6sc6ccccc67)n5)c4c3)cc2)cc1. The van der Waals surface area contributed by atoms with Gasteiger partial charge in [0.15, 0.2) is 0 Å². The molecule has 4 heteroatoms. The Labute approximate surface area is 258 Å². The number of fused-ring (bicyclic) bond motifs is 6. The first kappa shape index (κ1) is 25.0. The molecule has 0 aliphatic heterocycles. The predicted octanol–water partition coefficient (Wildman–Crippen LogP) is 10.9. The second kappa shape index (κ2) is 10.0. The second-order valence-electron chi connectivity index (χ2n) is 11.1. The van der Waals surface area contributed by atoms with Gasteiger partial charge in [-0.05, 0) is 46.5 Å². The van der Waals surface area contributed by atoms with Gasteiger partial charge in [-0.25, -0.2) is 9.97 Å². The van der Waals surface area contributed by atoms with Crippen LogP contribution < -0.4 is 0 Å². The van der Waals surface area contributed by atoms with Crippen molar-refractivity contribution in [2.45, 2.75) is 0 Å². The van der Waals surface area contributed by atoms with Crippen molar-refractivity contribution >= 4 is 53.3 Å². The highest BCUT2D eigenvalue weighted by atomic mass is 32.1. The van der Waals surface area contributed by atoms with Gasteiger partial charge in [-0.15, -0.1) is 11.3 Å². The molecule has 3 heterocycles. The minimum Gasteiger partial charge on any atom is -0.278 e. The van der Waals surface area contributed by atoms with E-state index in [1.165, 1.54) is 47.6 Å². The number of hydrogen-bond donors (Lipinski definition) is 0. The summed E-state index contributed by atoms with van der Waals surface area (Å²) >= 11 is 1.82. The maximum Gasteiger partial charge on any atom is 0.235 e. The van der Waals surface area contributed by atoms with Gasteiger partial charge in [0.05, 0.1) is 16.7 Å². The molecule has 0 spiro atoms. The molecule has 0 unspecified atom stereocenters. The monoisotopic (exact) mass is 579 g/mol. The van der Waals surface area contributed by atoms with Crippen molar-refractivity contribution in [1.29, 1.82) is 0 Å². The van der Waals surface area contributed by atoms with Gasteiger partial charge in [-0.2, -0.15) is 0 Å². The van der Waals surface area contributed by atoms with Crippen LogP contribution in [-0.2, 0) is 0 Å². The van der Waals surface area contributed by atoms with Gasteiger partial charge in [0.2, 0.25) is 5.95 Å². The molecule has 0 saturated carbocycles. The highest BCUT2D eigenvalue weighted by Gasteiger charge is 2.17. The minimum absolute atomic E-state index is 0.670. The lowest BCUT2D eigenvalue weighted by Gasteiger charge is -2.10. The maximum atomic E-state index is 5.21. The van der Waals surface area contributed by atoms with E-state index >= 15 is 0 Å². The fourth-order valence-electron chi connectivity index (χ4n) is 6.41. The van der Waals surface area contributed by atoms with Crippen molar-refractivity contribution in [3.63, 3.8) is 0 Å². The van der Waals surface area contributed by atoms with Gasteiger partial charge >= 0.3 is 0 Å². The lowest BCUT2D eigenvalue weighted by atomic mass is 9.99. The molecule has 3 nitrogen and oxygen atoms in total. The molecule has 0 N–H and O–H groups in total. The van der Waals surface area contributed by atoms with Crippen LogP contribution in [0.2, 0.25) is 0 Å². The number of hydrogen-bond acceptors (Lipinski definition) is 3. The smallest absolute Gasteiger partial charge is 0.235 e. The second-order valence-corrected chi connectivity index (χ2v) is 12.1. The van der Waals surface area contributed by atoms with Gasteiger partial charge in [0.25, 0.3) is 0 Å². The Morgan fingerprint density at radius 1 is 0.477 bits per heavy atom.